The zero-order valence-electron chi connectivity index (χ0n) is 10.7. The Balaban J connectivity index is 2.03. The molecular formula is C14H14F3NO2. The number of anilines is 1. The molecule has 0 aromatic heterocycles. The normalized spacial score (nSPS) is 17.1. The molecule has 20 heavy (non-hydrogen) atoms. The fourth-order valence-electron chi connectivity index (χ4n) is 2.22. The molecule has 1 aromatic rings. The topological polar surface area (TPSA) is 46.2 Å². The van der Waals surface area contributed by atoms with Crippen molar-refractivity contribution < 1.29 is 22.8 Å². The van der Waals surface area contributed by atoms with E-state index in [-0.39, 0.29) is 23.3 Å². The van der Waals surface area contributed by atoms with Gasteiger partial charge in [0, 0.05) is 24.4 Å². The Morgan fingerprint density at radius 3 is 2.45 bits per heavy atom. The van der Waals surface area contributed by atoms with Crippen LogP contribution in [0.3, 0.4) is 0 Å². The summed E-state index contributed by atoms with van der Waals surface area (Å²) < 4.78 is 37.7. The summed E-state index contributed by atoms with van der Waals surface area (Å²) in [6.45, 7) is 0. The molecule has 1 aliphatic carbocycles. The first kappa shape index (κ1) is 14.6. The van der Waals surface area contributed by atoms with Gasteiger partial charge in [0.25, 0.3) is 0 Å². The second kappa shape index (κ2) is 5.64. The van der Waals surface area contributed by atoms with Crippen LogP contribution in [0.4, 0.5) is 18.9 Å². The number of alkyl halides is 3. The van der Waals surface area contributed by atoms with Crippen LogP contribution < -0.4 is 5.32 Å². The van der Waals surface area contributed by atoms with E-state index in [1.165, 1.54) is 12.1 Å². The van der Waals surface area contributed by atoms with Gasteiger partial charge < -0.3 is 5.32 Å². The quantitative estimate of drug-likeness (QED) is 0.905. The lowest BCUT2D eigenvalue weighted by Gasteiger charge is -2.20. The first-order chi connectivity index (χ1) is 9.36. The van der Waals surface area contributed by atoms with E-state index >= 15 is 0 Å². The number of benzene rings is 1. The summed E-state index contributed by atoms with van der Waals surface area (Å²) in [6.07, 6.45) is -2.79. The monoisotopic (exact) mass is 285 g/mol. The molecule has 0 unspecified atom stereocenters. The number of carbonyl (C=O) groups is 2. The van der Waals surface area contributed by atoms with Gasteiger partial charge in [-0.05, 0) is 31.0 Å². The zero-order chi connectivity index (χ0) is 14.8. The number of Topliss-reactive ketones (excluding diaryl/α,β-unsaturated/α-hetero) is 1. The van der Waals surface area contributed by atoms with Crippen molar-refractivity contribution in [3.63, 3.8) is 0 Å². The Hall–Kier alpha value is -1.85. The van der Waals surface area contributed by atoms with Gasteiger partial charge in [-0.1, -0.05) is 6.07 Å². The Bertz CT molecular complexity index is 515. The van der Waals surface area contributed by atoms with Crippen LogP contribution in [0.15, 0.2) is 24.3 Å². The van der Waals surface area contributed by atoms with E-state index in [1.54, 1.807) is 0 Å². The van der Waals surface area contributed by atoms with Gasteiger partial charge in [0.05, 0.1) is 5.56 Å². The predicted octanol–water partition coefficient (Wildman–Crippen LogP) is 3.40. The van der Waals surface area contributed by atoms with Crippen molar-refractivity contribution in [2.24, 2.45) is 5.92 Å². The molecule has 1 fully saturated rings. The lowest BCUT2D eigenvalue weighted by atomic mass is 9.88. The summed E-state index contributed by atoms with van der Waals surface area (Å²) in [7, 11) is 0. The van der Waals surface area contributed by atoms with Crippen LogP contribution in [0.1, 0.15) is 31.2 Å². The van der Waals surface area contributed by atoms with Gasteiger partial charge in [0.2, 0.25) is 5.91 Å². The highest BCUT2D eigenvalue weighted by molar-refractivity contribution is 5.94. The van der Waals surface area contributed by atoms with E-state index in [0.29, 0.717) is 25.7 Å². The number of hydrogen-bond donors (Lipinski definition) is 1. The molecule has 0 saturated heterocycles. The van der Waals surface area contributed by atoms with Gasteiger partial charge in [0.1, 0.15) is 5.78 Å². The largest absolute Gasteiger partial charge is 0.416 e. The molecule has 108 valence electrons. The molecule has 0 radical (unpaired) electrons. The predicted molar refractivity (Wildman–Crippen MR) is 67.0 cm³/mol. The van der Waals surface area contributed by atoms with Crippen molar-refractivity contribution in [1.29, 1.82) is 0 Å². The van der Waals surface area contributed by atoms with E-state index in [0.717, 1.165) is 12.1 Å². The van der Waals surface area contributed by atoms with Crippen LogP contribution in [-0.2, 0) is 15.8 Å². The first-order valence-electron chi connectivity index (χ1n) is 6.36. The SMILES string of the molecule is O=C1CCC(C(=O)Nc2cccc(C(F)(F)F)c2)CC1. The molecule has 0 bridgehead atoms. The molecule has 1 amide bonds. The highest BCUT2D eigenvalue weighted by Gasteiger charge is 2.31. The minimum atomic E-state index is -4.43. The second-order valence-electron chi connectivity index (χ2n) is 4.88. The average molecular weight is 285 g/mol. The van der Waals surface area contributed by atoms with Crippen LogP contribution in [0.2, 0.25) is 0 Å². The first-order valence-corrected chi connectivity index (χ1v) is 6.36. The Kier molecular flexibility index (Phi) is 4.11. The second-order valence-corrected chi connectivity index (χ2v) is 4.88. The zero-order valence-corrected chi connectivity index (χ0v) is 10.7. The maximum Gasteiger partial charge on any atom is 0.416 e. The van der Waals surface area contributed by atoms with Crippen molar-refractivity contribution in [3.8, 4) is 0 Å². The molecule has 1 saturated carbocycles. The van der Waals surface area contributed by atoms with Crippen molar-refractivity contribution in [1.82, 2.24) is 0 Å². The van der Waals surface area contributed by atoms with E-state index in [2.05, 4.69) is 5.32 Å². The summed E-state index contributed by atoms with van der Waals surface area (Å²) >= 11 is 0. The number of hydrogen-bond acceptors (Lipinski definition) is 2. The van der Waals surface area contributed by atoms with Crippen LogP contribution in [-0.4, -0.2) is 11.7 Å². The van der Waals surface area contributed by atoms with Crippen molar-refractivity contribution in [3.05, 3.63) is 29.8 Å². The van der Waals surface area contributed by atoms with Crippen molar-refractivity contribution >= 4 is 17.4 Å². The molecule has 0 spiro atoms. The molecule has 0 heterocycles. The van der Waals surface area contributed by atoms with Crippen LogP contribution in [0.5, 0.6) is 0 Å². The molecule has 2 rings (SSSR count). The van der Waals surface area contributed by atoms with Gasteiger partial charge in [0.15, 0.2) is 0 Å². The van der Waals surface area contributed by atoms with E-state index in [1.807, 2.05) is 0 Å². The van der Waals surface area contributed by atoms with Gasteiger partial charge in [-0.3, -0.25) is 9.59 Å². The van der Waals surface area contributed by atoms with Gasteiger partial charge in [-0.15, -0.1) is 0 Å². The minimum Gasteiger partial charge on any atom is -0.326 e. The Morgan fingerprint density at radius 2 is 1.85 bits per heavy atom. The number of halogens is 3. The van der Waals surface area contributed by atoms with E-state index in [9.17, 15) is 22.8 Å². The molecule has 1 aromatic carbocycles. The molecule has 0 aliphatic heterocycles. The number of nitrogens with one attached hydrogen (secondary N) is 1. The molecule has 1 aliphatic rings. The lowest BCUT2D eigenvalue weighted by molar-refractivity contribution is -0.137. The molecular weight excluding hydrogens is 271 g/mol. The molecule has 1 N–H and O–H groups in total. The minimum absolute atomic E-state index is 0.127. The van der Waals surface area contributed by atoms with Gasteiger partial charge in [-0.25, -0.2) is 0 Å². The summed E-state index contributed by atoms with van der Waals surface area (Å²) in [5, 5.41) is 2.49. The van der Waals surface area contributed by atoms with Crippen LogP contribution in [0.25, 0.3) is 0 Å². The third-order valence-electron chi connectivity index (χ3n) is 3.37. The van der Waals surface area contributed by atoms with Crippen molar-refractivity contribution in [2.45, 2.75) is 31.9 Å². The molecule has 6 heteroatoms. The lowest BCUT2D eigenvalue weighted by Crippen LogP contribution is -2.27. The maximum absolute atomic E-state index is 12.6. The number of carbonyl (C=O) groups excluding carboxylic acids is 2. The fourth-order valence-corrected chi connectivity index (χ4v) is 2.22. The number of amides is 1. The van der Waals surface area contributed by atoms with Crippen LogP contribution in [0, 0.1) is 5.92 Å². The summed E-state index contributed by atoms with van der Waals surface area (Å²) in [5.41, 5.74) is -0.671. The highest BCUT2D eigenvalue weighted by atomic mass is 19.4. The standard InChI is InChI=1S/C14H14F3NO2/c15-14(16,17)10-2-1-3-11(8-10)18-13(20)9-4-6-12(19)7-5-9/h1-3,8-9H,4-7H2,(H,18,20). The summed E-state index contributed by atoms with van der Waals surface area (Å²) in [4.78, 5) is 23.0. The Morgan fingerprint density at radius 1 is 1.20 bits per heavy atom. The maximum atomic E-state index is 12.6. The van der Waals surface area contributed by atoms with Gasteiger partial charge in [-0.2, -0.15) is 13.2 Å². The highest BCUT2D eigenvalue weighted by Crippen LogP contribution is 2.31. The number of rotatable bonds is 2. The van der Waals surface area contributed by atoms with Crippen LogP contribution >= 0.6 is 0 Å². The van der Waals surface area contributed by atoms with E-state index < -0.39 is 11.7 Å². The third kappa shape index (κ3) is 3.59. The number of ketones is 1. The summed E-state index contributed by atoms with van der Waals surface area (Å²) in [5.74, 6) is -0.493. The Labute approximate surface area is 114 Å². The summed E-state index contributed by atoms with van der Waals surface area (Å²) in [6, 6.07) is 4.53. The van der Waals surface area contributed by atoms with E-state index in [4.69, 9.17) is 0 Å². The molecule has 0 atom stereocenters. The van der Waals surface area contributed by atoms with Crippen molar-refractivity contribution in [2.75, 3.05) is 5.32 Å². The third-order valence-corrected chi connectivity index (χ3v) is 3.37. The fraction of sp³-hybridized carbons (Fsp3) is 0.429. The smallest absolute Gasteiger partial charge is 0.326 e. The average Bonchev–Trinajstić information content (AvgIpc) is 2.38. The molecule has 3 nitrogen and oxygen atoms in total. The van der Waals surface area contributed by atoms with Gasteiger partial charge >= 0.3 is 6.18 Å².